The van der Waals surface area contributed by atoms with E-state index in [1.807, 2.05) is 0 Å². The highest BCUT2D eigenvalue weighted by molar-refractivity contribution is 5.91. The van der Waals surface area contributed by atoms with Crippen LogP contribution in [0.3, 0.4) is 0 Å². The predicted molar refractivity (Wildman–Crippen MR) is 84.1 cm³/mol. The molecular formula is C14H21N5O6. The van der Waals surface area contributed by atoms with E-state index in [0.717, 1.165) is 0 Å². The standard InChI is InChI=1S/C14H21N5O6/c15-10(1-2-12(22)23)13(24)19-11(3-8-4-16-7-17-8)14(25)18-9(5-20)6-21/h4-5,7,9-11,21H,1-3,6,15H2,(H,16,17)(H,18,25)(H,19,24)(H,22,23)/t9-,10+,11+/m1/s1. The van der Waals surface area contributed by atoms with E-state index in [2.05, 4.69) is 20.6 Å². The molecule has 1 rings (SSSR count). The number of rotatable bonds is 11. The Labute approximate surface area is 143 Å². The summed E-state index contributed by atoms with van der Waals surface area (Å²) in [7, 11) is 0. The fourth-order valence-electron chi connectivity index (χ4n) is 1.92. The van der Waals surface area contributed by atoms with Crippen molar-refractivity contribution in [2.45, 2.75) is 37.4 Å². The molecule has 0 aromatic carbocycles. The molecule has 2 amide bonds. The Hall–Kier alpha value is -2.79. The number of aromatic amines is 1. The van der Waals surface area contributed by atoms with Gasteiger partial charge in [0.2, 0.25) is 11.8 Å². The van der Waals surface area contributed by atoms with Gasteiger partial charge in [0.05, 0.1) is 19.0 Å². The van der Waals surface area contributed by atoms with E-state index < -0.39 is 42.5 Å². The number of nitrogens with zero attached hydrogens (tertiary/aromatic N) is 1. The first-order valence-electron chi connectivity index (χ1n) is 7.48. The van der Waals surface area contributed by atoms with E-state index in [4.69, 9.17) is 15.9 Å². The molecule has 0 saturated carbocycles. The molecule has 25 heavy (non-hydrogen) atoms. The van der Waals surface area contributed by atoms with E-state index in [-0.39, 0.29) is 19.3 Å². The normalized spacial score (nSPS) is 14.2. The number of aromatic nitrogens is 2. The van der Waals surface area contributed by atoms with Crippen molar-refractivity contribution in [3.63, 3.8) is 0 Å². The third kappa shape index (κ3) is 7.10. The van der Waals surface area contributed by atoms with Crippen molar-refractivity contribution < 1.29 is 29.4 Å². The molecule has 0 spiro atoms. The zero-order valence-electron chi connectivity index (χ0n) is 13.3. The maximum Gasteiger partial charge on any atom is 0.303 e. The molecule has 3 atom stereocenters. The summed E-state index contributed by atoms with van der Waals surface area (Å²) in [5, 5.41) is 22.3. The topological polar surface area (TPSA) is 188 Å². The quantitative estimate of drug-likeness (QED) is 0.231. The Morgan fingerprint density at radius 1 is 1.32 bits per heavy atom. The lowest BCUT2D eigenvalue weighted by atomic mass is 10.1. The van der Waals surface area contributed by atoms with E-state index >= 15 is 0 Å². The lowest BCUT2D eigenvalue weighted by molar-refractivity contribution is -0.137. The first-order chi connectivity index (χ1) is 11.9. The van der Waals surface area contributed by atoms with Crippen LogP contribution >= 0.6 is 0 Å². The second-order valence-corrected chi connectivity index (χ2v) is 5.31. The lowest BCUT2D eigenvalue weighted by Crippen LogP contribution is -2.55. The number of aliphatic hydroxyl groups is 1. The van der Waals surface area contributed by atoms with E-state index in [1.54, 1.807) is 0 Å². The molecule has 0 bridgehead atoms. The Kier molecular flexibility index (Phi) is 8.23. The van der Waals surface area contributed by atoms with Gasteiger partial charge in [-0.2, -0.15) is 0 Å². The summed E-state index contributed by atoms with van der Waals surface area (Å²) in [5.74, 6) is -2.49. The summed E-state index contributed by atoms with van der Waals surface area (Å²) >= 11 is 0. The fraction of sp³-hybridized carbons (Fsp3) is 0.500. The minimum absolute atomic E-state index is 0.0419. The van der Waals surface area contributed by atoms with Crippen LogP contribution in [-0.4, -0.2) is 69.0 Å². The summed E-state index contributed by atoms with van der Waals surface area (Å²) in [5.41, 5.74) is 6.16. The van der Waals surface area contributed by atoms with Crippen molar-refractivity contribution in [1.82, 2.24) is 20.6 Å². The molecule has 0 aliphatic heterocycles. The van der Waals surface area contributed by atoms with Crippen LogP contribution in [-0.2, 0) is 25.6 Å². The number of nitrogens with one attached hydrogen (secondary N) is 3. The second-order valence-electron chi connectivity index (χ2n) is 5.31. The summed E-state index contributed by atoms with van der Waals surface area (Å²) in [6.07, 6.45) is 2.88. The average Bonchev–Trinajstić information content (AvgIpc) is 3.09. The molecule has 11 heteroatoms. The van der Waals surface area contributed by atoms with Gasteiger partial charge >= 0.3 is 5.97 Å². The molecule has 0 saturated heterocycles. The molecule has 0 fully saturated rings. The highest BCUT2D eigenvalue weighted by atomic mass is 16.4. The molecule has 1 aromatic rings. The Bertz CT molecular complexity index is 591. The van der Waals surface area contributed by atoms with Gasteiger partial charge < -0.3 is 36.4 Å². The SMILES string of the molecule is N[C@@H](CCC(=O)O)C(=O)N[C@@H](Cc1cnc[nH]1)C(=O)N[C@H](C=O)CO. The summed E-state index contributed by atoms with van der Waals surface area (Å²) in [4.78, 5) is 52.2. The molecule has 138 valence electrons. The van der Waals surface area contributed by atoms with Crippen LogP contribution in [0.1, 0.15) is 18.5 Å². The van der Waals surface area contributed by atoms with E-state index in [0.29, 0.717) is 12.0 Å². The lowest BCUT2D eigenvalue weighted by Gasteiger charge is -2.21. The number of carbonyl (C=O) groups excluding carboxylic acids is 3. The van der Waals surface area contributed by atoms with Crippen LogP contribution in [0.4, 0.5) is 0 Å². The fourth-order valence-corrected chi connectivity index (χ4v) is 1.92. The first kappa shape index (κ1) is 20.3. The minimum Gasteiger partial charge on any atom is -0.481 e. The zero-order chi connectivity index (χ0) is 18.8. The molecule has 0 radical (unpaired) electrons. The molecule has 0 aliphatic rings. The zero-order valence-corrected chi connectivity index (χ0v) is 13.3. The molecule has 0 aliphatic carbocycles. The number of imidazole rings is 1. The van der Waals surface area contributed by atoms with Gasteiger partial charge in [0.25, 0.3) is 0 Å². The highest BCUT2D eigenvalue weighted by Gasteiger charge is 2.26. The molecule has 1 heterocycles. The number of hydrogen-bond donors (Lipinski definition) is 6. The van der Waals surface area contributed by atoms with Gasteiger partial charge in [0, 0.05) is 24.7 Å². The van der Waals surface area contributed by atoms with Crippen LogP contribution < -0.4 is 16.4 Å². The molecular weight excluding hydrogens is 334 g/mol. The van der Waals surface area contributed by atoms with Crippen molar-refractivity contribution in [1.29, 1.82) is 0 Å². The number of aldehydes is 1. The number of aliphatic carboxylic acids is 1. The van der Waals surface area contributed by atoms with Gasteiger partial charge in [0.1, 0.15) is 18.4 Å². The van der Waals surface area contributed by atoms with Crippen molar-refractivity contribution in [2.75, 3.05) is 6.61 Å². The molecule has 1 aromatic heterocycles. The summed E-state index contributed by atoms with van der Waals surface area (Å²) < 4.78 is 0. The molecule has 11 nitrogen and oxygen atoms in total. The third-order valence-corrected chi connectivity index (χ3v) is 3.31. The third-order valence-electron chi connectivity index (χ3n) is 3.31. The van der Waals surface area contributed by atoms with E-state index in [1.165, 1.54) is 12.5 Å². The summed E-state index contributed by atoms with van der Waals surface area (Å²) in [6.45, 7) is -0.585. The van der Waals surface area contributed by atoms with Crippen molar-refractivity contribution in [2.24, 2.45) is 5.73 Å². The Morgan fingerprint density at radius 2 is 2.04 bits per heavy atom. The van der Waals surface area contributed by atoms with E-state index in [9.17, 15) is 19.2 Å². The number of aliphatic hydroxyl groups excluding tert-OH is 1. The number of carboxylic acid groups (broad SMARTS) is 1. The monoisotopic (exact) mass is 355 g/mol. The minimum atomic E-state index is -1.10. The maximum atomic E-state index is 12.3. The second kappa shape index (κ2) is 10.2. The molecule has 7 N–H and O–H groups in total. The van der Waals surface area contributed by atoms with Crippen LogP contribution in [0.2, 0.25) is 0 Å². The van der Waals surface area contributed by atoms with Gasteiger partial charge in [-0.15, -0.1) is 0 Å². The number of nitrogens with two attached hydrogens (primary N) is 1. The van der Waals surface area contributed by atoms with Crippen LogP contribution in [0.25, 0.3) is 0 Å². The van der Waals surface area contributed by atoms with Gasteiger partial charge in [-0.25, -0.2) is 4.98 Å². The van der Waals surface area contributed by atoms with Crippen LogP contribution in [0, 0.1) is 0 Å². The number of H-pyrrole nitrogens is 1. The van der Waals surface area contributed by atoms with Crippen LogP contribution in [0.15, 0.2) is 12.5 Å². The predicted octanol–water partition coefficient (Wildman–Crippen LogP) is -2.69. The van der Waals surface area contributed by atoms with Crippen molar-refractivity contribution >= 4 is 24.1 Å². The van der Waals surface area contributed by atoms with Gasteiger partial charge in [-0.3, -0.25) is 14.4 Å². The van der Waals surface area contributed by atoms with Crippen LogP contribution in [0.5, 0.6) is 0 Å². The maximum absolute atomic E-state index is 12.3. The number of amides is 2. The summed E-state index contributed by atoms with van der Waals surface area (Å²) in [6, 6.07) is -3.29. The number of hydrogen-bond acceptors (Lipinski definition) is 7. The van der Waals surface area contributed by atoms with Gasteiger partial charge in [0.15, 0.2) is 0 Å². The van der Waals surface area contributed by atoms with Crippen molar-refractivity contribution in [3.05, 3.63) is 18.2 Å². The molecule has 0 unspecified atom stereocenters. The van der Waals surface area contributed by atoms with Gasteiger partial charge in [-0.1, -0.05) is 0 Å². The Balaban J connectivity index is 2.76. The first-order valence-corrected chi connectivity index (χ1v) is 7.48. The largest absolute Gasteiger partial charge is 0.481 e. The van der Waals surface area contributed by atoms with Crippen molar-refractivity contribution in [3.8, 4) is 0 Å². The number of carboxylic acids is 1. The Morgan fingerprint density at radius 3 is 2.56 bits per heavy atom. The highest BCUT2D eigenvalue weighted by Crippen LogP contribution is 2.02. The number of carbonyl (C=O) groups is 4. The smallest absolute Gasteiger partial charge is 0.303 e. The van der Waals surface area contributed by atoms with Gasteiger partial charge in [-0.05, 0) is 6.42 Å². The average molecular weight is 355 g/mol.